The smallest absolute Gasteiger partial charge is 0.144 e. The molecule has 1 aromatic carbocycles. The number of aryl methyl sites for hydroxylation is 1. The first-order valence-electron chi connectivity index (χ1n) is 4.96. The van der Waals surface area contributed by atoms with Gasteiger partial charge in [0.25, 0.3) is 0 Å². The highest BCUT2D eigenvalue weighted by Gasteiger charge is 2.07. The first-order valence-corrected chi connectivity index (χ1v) is 5.33. The number of benzene rings is 1. The maximum atomic E-state index is 6.10. The Bertz CT molecular complexity index is 361. The van der Waals surface area contributed by atoms with Crippen LogP contribution in [0.4, 0.5) is 0 Å². The number of ether oxygens (including phenoxy) is 1. The summed E-state index contributed by atoms with van der Waals surface area (Å²) >= 11 is 6.10. The normalized spacial score (nSPS) is 10.9. The van der Waals surface area contributed by atoms with Gasteiger partial charge < -0.3 is 10.5 Å². The van der Waals surface area contributed by atoms with Crippen molar-refractivity contribution in [1.29, 1.82) is 0 Å². The molecule has 0 aliphatic carbocycles. The summed E-state index contributed by atoms with van der Waals surface area (Å²) in [5.74, 6) is 0.707. The second-order valence-corrected chi connectivity index (χ2v) is 3.60. The van der Waals surface area contributed by atoms with Crippen molar-refractivity contribution in [2.75, 3.05) is 13.7 Å². The van der Waals surface area contributed by atoms with E-state index in [0.29, 0.717) is 17.3 Å². The van der Waals surface area contributed by atoms with Crippen molar-refractivity contribution in [3.63, 3.8) is 0 Å². The molecule has 0 aromatic heterocycles. The van der Waals surface area contributed by atoms with E-state index in [2.05, 4.69) is 13.0 Å². The fourth-order valence-electron chi connectivity index (χ4n) is 1.41. The van der Waals surface area contributed by atoms with E-state index in [1.165, 1.54) is 5.56 Å². The van der Waals surface area contributed by atoms with Gasteiger partial charge in [-0.15, -0.1) is 0 Å². The van der Waals surface area contributed by atoms with Gasteiger partial charge in [-0.25, -0.2) is 0 Å². The molecule has 2 nitrogen and oxygen atoms in total. The fourth-order valence-corrected chi connectivity index (χ4v) is 1.74. The number of hydrogen-bond donors (Lipinski definition) is 1. The summed E-state index contributed by atoms with van der Waals surface area (Å²) in [5, 5.41) is 0.647. The molecule has 0 saturated carbocycles. The molecular formula is C12H16ClNO. The standard InChI is InChI=1S/C12H16ClNO/c1-3-9-7-10(5-4-6-14)12(15-2)11(13)8-9/h4-5,7-8H,3,6,14H2,1-2H3/b5-4+. The number of hydrogen-bond acceptors (Lipinski definition) is 2. The fraction of sp³-hybridized carbons (Fsp3) is 0.333. The molecule has 2 N–H and O–H groups in total. The summed E-state index contributed by atoms with van der Waals surface area (Å²) in [5.41, 5.74) is 7.59. The van der Waals surface area contributed by atoms with E-state index < -0.39 is 0 Å². The van der Waals surface area contributed by atoms with Crippen LogP contribution < -0.4 is 10.5 Å². The van der Waals surface area contributed by atoms with Crippen LogP contribution >= 0.6 is 11.6 Å². The molecule has 0 atom stereocenters. The lowest BCUT2D eigenvalue weighted by molar-refractivity contribution is 0.414. The second-order valence-electron chi connectivity index (χ2n) is 3.19. The van der Waals surface area contributed by atoms with E-state index in [1.54, 1.807) is 7.11 Å². The number of halogens is 1. The van der Waals surface area contributed by atoms with Crippen LogP contribution in [-0.2, 0) is 6.42 Å². The van der Waals surface area contributed by atoms with Gasteiger partial charge in [-0.05, 0) is 24.1 Å². The lowest BCUT2D eigenvalue weighted by Gasteiger charge is -2.09. The van der Waals surface area contributed by atoms with Gasteiger partial charge in [0.2, 0.25) is 0 Å². The predicted molar refractivity (Wildman–Crippen MR) is 65.5 cm³/mol. The number of methoxy groups -OCH3 is 1. The second kappa shape index (κ2) is 5.79. The zero-order valence-corrected chi connectivity index (χ0v) is 9.84. The van der Waals surface area contributed by atoms with Crippen molar-refractivity contribution in [1.82, 2.24) is 0 Å². The Morgan fingerprint density at radius 2 is 2.20 bits per heavy atom. The highest BCUT2D eigenvalue weighted by molar-refractivity contribution is 6.32. The van der Waals surface area contributed by atoms with Gasteiger partial charge in [-0.2, -0.15) is 0 Å². The maximum Gasteiger partial charge on any atom is 0.144 e. The summed E-state index contributed by atoms with van der Waals surface area (Å²) in [6, 6.07) is 4.00. The summed E-state index contributed by atoms with van der Waals surface area (Å²) < 4.78 is 5.25. The predicted octanol–water partition coefficient (Wildman–Crippen LogP) is 2.88. The molecule has 15 heavy (non-hydrogen) atoms. The van der Waals surface area contributed by atoms with Crippen LogP contribution in [0.1, 0.15) is 18.1 Å². The van der Waals surface area contributed by atoms with Gasteiger partial charge in [0, 0.05) is 12.1 Å². The molecule has 1 aromatic rings. The summed E-state index contributed by atoms with van der Waals surface area (Å²) in [7, 11) is 1.62. The minimum Gasteiger partial charge on any atom is -0.495 e. The molecule has 0 aliphatic rings. The quantitative estimate of drug-likeness (QED) is 0.855. The highest BCUT2D eigenvalue weighted by Crippen LogP contribution is 2.31. The van der Waals surface area contributed by atoms with E-state index in [-0.39, 0.29) is 0 Å². The van der Waals surface area contributed by atoms with Gasteiger partial charge in [0.1, 0.15) is 5.75 Å². The zero-order valence-electron chi connectivity index (χ0n) is 9.09. The van der Waals surface area contributed by atoms with Crippen molar-refractivity contribution in [2.45, 2.75) is 13.3 Å². The van der Waals surface area contributed by atoms with Gasteiger partial charge in [-0.3, -0.25) is 0 Å². The molecule has 0 amide bonds. The van der Waals surface area contributed by atoms with Crippen LogP contribution in [0.2, 0.25) is 5.02 Å². The van der Waals surface area contributed by atoms with Gasteiger partial charge in [-0.1, -0.05) is 30.7 Å². The van der Waals surface area contributed by atoms with Crippen LogP contribution in [0.25, 0.3) is 6.08 Å². The average molecular weight is 226 g/mol. The Hall–Kier alpha value is -0.990. The third-order valence-electron chi connectivity index (χ3n) is 2.18. The number of nitrogens with two attached hydrogens (primary N) is 1. The van der Waals surface area contributed by atoms with E-state index in [4.69, 9.17) is 22.1 Å². The van der Waals surface area contributed by atoms with Crippen LogP contribution in [0.5, 0.6) is 5.75 Å². The topological polar surface area (TPSA) is 35.2 Å². The minimum absolute atomic E-state index is 0.511. The monoisotopic (exact) mass is 225 g/mol. The molecule has 0 saturated heterocycles. The van der Waals surface area contributed by atoms with Gasteiger partial charge in [0.05, 0.1) is 12.1 Å². The van der Waals surface area contributed by atoms with E-state index in [1.807, 2.05) is 18.2 Å². The zero-order chi connectivity index (χ0) is 11.3. The maximum absolute atomic E-state index is 6.10. The molecule has 0 bridgehead atoms. The van der Waals surface area contributed by atoms with E-state index in [9.17, 15) is 0 Å². The van der Waals surface area contributed by atoms with Crippen LogP contribution in [0, 0.1) is 0 Å². The molecule has 0 spiro atoms. The van der Waals surface area contributed by atoms with Crippen LogP contribution in [-0.4, -0.2) is 13.7 Å². The third kappa shape index (κ3) is 2.98. The molecule has 1 rings (SSSR count). The van der Waals surface area contributed by atoms with Crippen molar-refractivity contribution < 1.29 is 4.74 Å². The molecule has 0 unspecified atom stereocenters. The van der Waals surface area contributed by atoms with Crippen molar-refractivity contribution in [3.05, 3.63) is 34.4 Å². The lowest BCUT2D eigenvalue weighted by Crippen LogP contribution is -1.94. The molecule has 82 valence electrons. The summed E-state index contributed by atoms with van der Waals surface area (Å²) in [6.07, 6.45) is 4.77. The Morgan fingerprint density at radius 1 is 1.47 bits per heavy atom. The first-order chi connectivity index (χ1) is 7.22. The average Bonchev–Trinajstić information content (AvgIpc) is 2.25. The van der Waals surface area contributed by atoms with Crippen molar-refractivity contribution >= 4 is 17.7 Å². The Kier molecular flexibility index (Phi) is 4.66. The van der Waals surface area contributed by atoms with Gasteiger partial charge >= 0.3 is 0 Å². The molecular weight excluding hydrogens is 210 g/mol. The third-order valence-corrected chi connectivity index (χ3v) is 2.46. The van der Waals surface area contributed by atoms with E-state index >= 15 is 0 Å². The molecule has 3 heteroatoms. The highest BCUT2D eigenvalue weighted by atomic mass is 35.5. The minimum atomic E-state index is 0.511. The van der Waals surface area contributed by atoms with E-state index in [0.717, 1.165) is 12.0 Å². The molecule has 0 fully saturated rings. The van der Waals surface area contributed by atoms with Gasteiger partial charge in [0.15, 0.2) is 0 Å². The van der Waals surface area contributed by atoms with Crippen molar-refractivity contribution in [2.24, 2.45) is 5.73 Å². The Morgan fingerprint density at radius 3 is 2.73 bits per heavy atom. The Balaban J connectivity index is 3.19. The van der Waals surface area contributed by atoms with Crippen LogP contribution in [0.15, 0.2) is 18.2 Å². The largest absolute Gasteiger partial charge is 0.495 e. The SMILES string of the molecule is CCc1cc(Cl)c(OC)c(/C=C/CN)c1. The molecule has 0 aliphatic heterocycles. The molecule has 0 radical (unpaired) electrons. The Labute approximate surface area is 95.7 Å². The summed E-state index contributed by atoms with van der Waals surface area (Å²) in [4.78, 5) is 0. The lowest BCUT2D eigenvalue weighted by atomic mass is 10.1. The van der Waals surface area contributed by atoms with Crippen LogP contribution in [0.3, 0.4) is 0 Å². The molecule has 0 heterocycles. The van der Waals surface area contributed by atoms with Crippen molar-refractivity contribution in [3.8, 4) is 5.75 Å². The number of rotatable bonds is 4. The summed E-state index contributed by atoms with van der Waals surface area (Å²) in [6.45, 7) is 2.60. The first kappa shape index (κ1) is 12.1.